The van der Waals surface area contributed by atoms with E-state index in [0.29, 0.717) is 16.2 Å². The van der Waals surface area contributed by atoms with Gasteiger partial charge in [0.1, 0.15) is 0 Å². The highest BCUT2D eigenvalue weighted by molar-refractivity contribution is 5.10. The highest BCUT2D eigenvalue weighted by Crippen LogP contribution is 2.69. The Morgan fingerprint density at radius 1 is 0.767 bits per heavy atom. The molecule has 0 heterocycles. The second kappa shape index (κ2) is 9.47. The number of hydrogen-bond donors (Lipinski definition) is 0. The summed E-state index contributed by atoms with van der Waals surface area (Å²) in [6, 6.07) is 0. The summed E-state index contributed by atoms with van der Waals surface area (Å²) in [5.74, 6) is 5.69. The standard InChI is InChI=1S/C30H56/c1-9-22(2)12-10-13-23(3)14-16-25-24(4)15-17-27-29(25,7)21-18-26-28(5,6)19-11-20-30(26,27)8/h22-27H,9-21H2,1-8H3/t22?,23-,24-,25+,26?,27?,29-,30-/m1/s1. The molecule has 3 rings (SSSR count). The van der Waals surface area contributed by atoms with Gasteiger partial charge in [0, 0.05) is 0 Å². The van der Waals surface area contributed by atoms with E-state index >= 15 is 0 Å². The van der Waals surface area contributed by atoms with Crippen LogP contribution in [0.1, 0.15) is 139 Å². The third kappa shape index (κ3) is 4.69. The third-order valence-corrected chi connectivity index (χ3v) is 11.3. The van der Waals surface area contributed by atoms with E-state index in [4.69, 9.17) is 0 Å². The molecule has 0 aliphatic heterocycles. The van der Waals surface area contributed by atoms with Crippen molar-refractivity contribution < 1.29 is 0 Å². The molecule has 0 heteroatoms. The first-order chi connectivity index (χ1) is 14.0. The highest BCUT2D eigenvalue weighted by Gasteiger charge is 2.61. The van der Waals surface area contributed by atoms with Crippen molar-refractivity contribution in [3.05, 3.63) is 0 Å². The summed E-state index contributed by atoms with van der Waals surface area (Å²) in [5.41, 5.74) is 1.78. The Kier molecular flexibility index (Phi) is 7.78. The van der Waals surface area contributed by atoms with Gasteiger partial charge in [-0.15, -0.1) is 0 Å². The van der Waals surface area contributed by atoms with Crippen LogP contribution in [0.5, 0.6) is 0 Å². The molecule has 0 N–H and O–H groups in total. The Labute approximate surface area is 190 Å². The van der Waals surface area contributed by atoms with Gasteiger partial charge in [0.15, 0.2) is 0 Å². The molecule has 0 bridgehead atoms. The van der Waals surface area contributed by atoms with Crippen LogP contribution in [0.2, 0.25) is 0 Å². The maximum Gasteiger partial charge on any atom is -0.0259 e. The Bertz CT molecular complexity index is 546. The van der Waals surface area contributed by atoms with Gasteiger partial charge in [-0.2, -0.15) is 0 Å². The van der Waals surface area contributed by atoms with E-state index < -0.39 is 0 Å². The number of rotatable bonds is 8. The van der Waals surface area contributed by atoms with Gasteiger partial charge in [-0.25, -0.2) is 0 Å². The molecule has 0 aromatic rings. The third-order valence-electron chi connectivity index (χ3n) is 11.3. The molecule has 30 heavy (non-hydrogen) atoms. The van der Waals surface area contributed by atoms with Gasteiger partial charge in [-0.3, -0.25) is 0 Å². The van der Waals surface area contributed by atoms with E-state index in [1.54, 1.807) is 0 Å². The Morgan fingerprint density at radius 3 is 2.17 bits per heavy atom. The fourth-order valence-electron chi connectivity index (χ4n) is 9.31. The zero-order valence-electron chi connectivity index (χ0n) is 22.2. The average Bonchev–Trinajstić information content (AvgIpc) is 2.66. The zero-order valence-corrected chi connectivity index (χ0v) is 22.2. The summed E-state index contributed by atoms with van der Waals surface area (Å²) >= 11 is 0. The summed E-state index contributed by atoms with van der Waals surface area (Å²) in [4.78, 5) is 0. The fraction of sp³-hybridized carbons (Fsp3) is 1.00. The minimum atomic E-state index is 0.566. The van der Waals surface area contributed by atoms with Crippen molar-refractivity contribution in [2.45, 2.75) is 139 Å². The predicted octanol–water partition coefficient (Wildman–Crippen LogP) is 9.91. The van der Waals surface area contributed by atoms with E-state index in [1.807, 2.05) is 0 Å². The maximum atomic E-state index is 2.76. The number of hydrogen-bond acceptors (Lipinski definition) is 0. The van der Waals surface area contributed by atoms with Crippen LogP contribution >= 0.6 is 0 Å². The molecular weight excluding hydrogens is 360 g/mol. The topological polar surface area (TPSA) is 0 Å². The van der Waals surface area contributed by atoms with Crippen LogP contribution in [0.3, 0.4) is 0 Å². The summed E-state index contributed by atoms with van der Waals surface area (Å²) < 4.78 is 0. The molecule has 3 fully saturated rings. The molecule has 0 radical (unpaired) electrons. The largest absolute Gasteiger partial charge is 0.0651 e. The van der Waals surface area contributed by atoms with Crippen LogP contribution in [0, 0.1) is 51.8 Å². The minimum Gasteiger partial charge on any atom is -0.0651 e. The van der Waals surface area contributed by atoms with Gasteiger partial charge in [0.25, 0.3) is 0 Å². The Hall–Kier alpha value is 0. The lowest BCUT2D eigenvalue weighted by molar-refractivity contribution is -0.174. The van der Waals surface area contributed by atoms with E-state index in [-0.39, 0.29) is 0 Å². The van der Waals surface area contributed by atoms with E-state index in [1.165, 1.54) is 83.5 Å². The van der Waals surface area contributed by atoms with Crippen LogP contribution in [0.4, 0.5) is 0 Å². The smallest absolute Gasteiger partial charge is 0.0259 e. The fourth-order valence-corrected chi connectivity index (χ4v) is 9.31. The quantitative estimate of drug-likeness (QED) is 0.369. The molecular formula is C30H56. The molecule has 3 aliphatic rings. The Morgan fingerprint density at radius 2 is 1.47 bits per heavy atom. The van der Waals surface area contributed by atoms with E-state index in [2.05, 4.69) is 55.4 Å². The van der Waals surface area contributed by atoms with Crippen LogP contribution in [-0.2, 0) is 0 Å². The molecule has 176 valence electrons. The van der Waals surface area contributed by atoms with Gasteiger partial charge < -0.3 is 0 Å². The van der Waals surface area contributed by atoms with Crippen molar-refractivity contribution in [1.29, 1.82) is 0 Å². The molecule has 0 aromatic carbocycles. The first-order valence-corrected chi connectivity index (χ1v) is 14.0. The monoisotopic (exact) mass is 416 g/mol. The highest BCUT2D eigenvalue weighted by atomic mass is 14.7. The van der Waals surface area contributed by atoms with Crippen LogP contribution in [-0.4, -0.2) is 0 Å². The molecule has 3 saturated carbocycles. The average molecular weight is 417 g/mol. The van der Waals surface area contributed by atoms with Gasteiger partial charge >= 0.3 is 0 Å². The lowest BCUT2D eigenvalue weighted by Gasteiger charge is -2.66. The molecule has 3 aliphatic carbocycles. The first kappa shape index (κ1) is 24.6. The second-order valence-electron chi connectivity index (χ2n) is 13.8. The van der Waals surface area contributed by atoms with Crippen molar-refractivity contribution in [3.63, 3.8) is 0 Å². The predicted molar refractivity (Wildman–Crippen MR) is 134 cm³/mol. The van der Waals surface area contributed by atoms with Gasteiger partial charge in [-0.05, 0) is 90.3 Å². The molecule has 0 saturated heterocycles. The van der Waals surface area contributed by atoms with Gasteiger partial charge in [0.05, 0.1) is 0 Å². The zero-order chi connectivity index (χ0) is 22.2. The normalized spacial score (nSPS) is 42.8. The van der Waals surface area contributed by atoms with Crippen molar-refractivity contribution in [3.8, 4) is 0 Å². The molecule has 0 spiro atoms. The lowest BCUT2D eigenvalue weighted by atomic mass is 9.38. The summed E-state index contributed by atoms with van der Waals surface area (Å²) in [6.45, 7) is 20.6. The van der Waals surface area contributed by atoms with E-state index in [0.717, 1.165) is 35.5 Å². The van der Waals surface area contributed by atoms with Crippen LogP contribution < -0.4 is 0 Å². The Balaban J connectivity index is 1.66. The van der Waals surface area contributed by atoms with E-state index in [9.17, 15) is 0 Å². The lowest BCUT2D eigenvalue weighted by Crippen LogP contribution is -2.59. The SMILES string of the molecule is CCC(C)CCC[C@@H](C)CC[C@H]1[C@H](C)CCC2[C@]3(C)CCCC(C)(C)C3CC[C@@]21C. The molecule has 0 aromatic heterocycles. The van der Waals surface area contributed by atoms with Crippen molar-refractivity contribution >= 4 is 0 Å². The molecule has 0 amide bonds. The van der Waals surface area contributed by atoms with Crippen LogP contribution in [0.15, 0.2) is 0 Å². The van der Waals surface area contributed by atoms with Crippen molar-refractivity contribution in [2.24, 2.45) is 51.8 Å². The second-order valence-corrected chi connectivity index (χ2v) is 13.8. The van der Waals surface area contributed by atoms with Crippen molar-refractivity contribution in [1.82, 2.24) is 0 Å². The maximum absolute atomic E-state index is 2.76. The minimum absolute atomic E-state index is 0.566. The van der Waals surface area contributed by atoms with Gasteiger partial charge in [-0.1, -0.05) is 100 Å². The van der Waals surface area contributed by atoms with Crippen LogP contribution in [0.25, 0.3) is 0 Å². The van der Waals surface area contributed by atoms with Gasteiger partial charge in [0.2, 0.25) is 0 Å². The molecule has 3 unspecified atom stereocenters. The molecule has 8 atom stereocenters. The summed E-state index contributed by atoms with van der Waals surface area (Å²) in [7, 11) is 0. The number of fused-ring (bicyclic) bond motifs is 3. The van der Waals surface area contributed by atoms with Crippen molar-refractivity contribution in [2.75, 3.05) is 0 Å². The summed E-state index contributed by atoms with van der Waals surface area (Å²) in [6.07, 6.45) is 19.1. The molecule has 0 nitrogen and oxygen atoms in total. The first-order valence-electron chi connectivity index (χ1n) is 14.0. The summed E-state index contributed by atoms with van der Waals surface area (Å²) in [5, 5.41) is 0.